The van der Waals surface area contributed by atoms with Crippen molar-refractivity contribution in [2.24, 2.45) is 0 Å². The highest BCUT2D eigenvalue weighted by atomic mass is 16.6. The third-order valence-corrected chi connectivity index (χ3v) is 6.04. The minimum absolute atomic E-state index is 0.0152. The summed E-state index contributed by atoms with van der Waals surface area (Å²) in [6.07, 6.45) is 0.0563. The van der Waals surface area contributed by atoms with E-state index in [1.165, 1.54) is 23.1 Å². The third kappa shape index (κ3) is 5.16. The summed E-state index contributed by atoms with van der Waals surface area (Å²) in [6, 6.07) is 3.09. The molecule has 0 aromatic heterocycles. The Morgan fingerprint density at radius 3 is 2.56 bits per heavy atom. The highest BCUT2D eigenvalue weighted by Gasteiger charge is 2.46. The zero-order valence-corrected chi connectivity index (χ0v) is 20.3. The number of piperidine rings is 1. The topological polar surface area (TPSA) is 151 Å². The second-order valence-corrected chi connectivity index (χ2v) is 9.89. The molecule has 36 heavy (non-hydrogen) atoms. The number of hydrogen-bond donors (Lipinski definition) is 2. The van der Waals surface area contributed by atoms with E-state index >= 15 is 0 Å². The van der Waals surface area contributed by atoms with Crippen LogP contribution in [0.3, 0.4) is 0 Å². The van der Waals surface area contributed by atoms with Gasteiger partial charge in [0.15, 0.2) is 6.61 Å². The van der Waals surface area contributed by atoms with Gasteiger partial charge >= 0.3 is 6.09 Å². The molecule has 0 spiro atoms. The highest BCUT2D eigenvalue weighted by molar-refractivity contribution is 6.24. The van der Waals surface area contributed by atoms with E-state index in [0.29, 0.717) is 13.0 Å². The number of benzene rings is 1. The van der Waals surface area contributed by atoms with Crippen LogP contribution in [0.2, 0.25) is 0 Å². The van der Waals surface area contributed by atoms with Crippen molar-refractivity contribution in [2.75, 3.05) is 19.7 Å². The number of nitrogens with one attached hydrogen (secondary N) is 2. The average Bonchev–Trinajstić information content (AvgIpc) is 3.34. The molecule has 3 aliphatic rings. The van der Waals surface area contributed by atoms with E-state index < -0.39 is 41.4 Å². The Hall–Kier alpha value is -3.96. The van der Waals surface area contributed by atoms with E-state index in [4.69, 9.17) is 9.47 Å². The summed E-state index contributed by atoms with van der Waals surface area (Å²) in [7, 11) is 0. The fraction of sp³-hybridized carbons (Fsp3) is 0.500. The van der Waals surface area contributed by atoms with Gasteiger partial charge in [0, 0.05) is 19.5 Å². The van der Waals surface area contributed by atoms with Crippen LogP contribution in [0.4, 0.5) is 4.79 Å². The summed E-state index contributed by atoms with van der Waals surface area (Å²) in [4.78, 5) is 76.8. The van der Waals surface area contributed by atoms with E-state index in [0.717, 1.165) is 4.90 Å². The Morgan fingerprint density at radius 2 is 1.86 bits per heavy atom. The van der Waals surface area contributed by atoms with Gasteiger partial charge < -0.3 is 19.7 Å². The molecule has 3 aliphatic heterocycles. The minimum Gasteiger partial charge on any atom is -0.483 e. The smallest absolute Gasteiger partial charge is 0.407 e. The van der Waals surface area contributed by atoms with Crippen LogP contribution < -0.4 is 15.4 Å². The molecule has 2 fully saturated rings. The molecule has 12 nitrogen and oxygen atoms in total. The van der Waals surface area contributed by atoms with Crippen molar-refractivity contribution < 1.29 is 38.2 Å². The van der Waals surface area contributed by atoms with Crippen molar-refractivity contribution in [3.63, 3.8) is 0 Å². The first kappa shape index (κ1) is 25.1. The van der Waals surface area contributed by atoms with E-state index in [2.05, 4.69) is 10.6 Å². The van der Waals surface area contributed by atoms with Crippen molar-refractivity contribution in [2.45, 2.75) is 57.7 Å². The van der Waals surface area contributed by atoms with Gasteiger partial charge in [-0.2, -0.15) is 0 Å². The van der Waals surface area contributed by atoms with Gasteiger partial charge in [0.1, 0.15) is 17.4 Å². The first-order valence-electron chi connectivity index (χ1n) is 11.7. The number of nitrogens with zero attached hydrogens (tertiary/aromatic N) is 2. The van der Waals surface area contributed by atoms with E-state index in [9.17, 15) is 28.8 Å². The van der Waals surface area contributed by atoms with Gasteiger partial charge in [-0.3, -0.25) is 34.2 Å². The molecule has 0 aliphatic carbocycles. The van der Waals surface area contributed by atoms with E-state index in [1.807, 2.05) is 0 Å². The Balaban J connectivity index is 1.38. The normalized spacial score (nSPS) is 21.9. The summed E-state index contributed by atoms with van der Waals surface area (Å²) in [5.74, 6) is -2.83. The molecule has 4 rings (SSSR count). The zero-order valence-electron chi connectivity index (χ0n) is 20.3. The molecule has 2 saturated heterocycles. The van der Waals surface area contributed by atoms with Gasteiger partial charge in [-0.15, -0.1) is 0 Å². The molecule has 1 aromatic carbocycles. The Morgan fingerprint density at radius 1 is 1.11 bits per heavy atom. The average molecular weight is 501 g/mol. The van der Waals surface area contributed by atoms with Crippen LogP contribution in [-0.2, 0) is 19.1 Å². The molecule has 2 atom stereocenters. The maximum Gasteiger partial charge on any atom is 0.407 e. The number of carbonyl (C=O) groups is 6. The van der Waals surface area contributed by atoms with Crippen LogP contribution in [0.1, 0.15) is 60.7 Å². The monoisotopic (exact) mass is 500 g/mol. The number of fused-ring (bicyclic) bond motifs is 1. The lowest BCUT2D eigenvalue weighted by Crippen LogP contribution is -2.54. The molecule has 2 N–H and O–H groups in total. The lowest BCUT2D eigenvalue weighted by Gasteiger charge is -2.27. The quantitative estimate of drug-likeness (QED) is 0.558. The van der Waals surface area contributed by atoms with Crippen LogP contribution in [0.15, 0.2) is 18.2 Å². The highest BCUT2D eigenvalue weighted by Crippen LogP contribution is 2.33. The SMILES string of the molecule is CC(C)(C)OC(=O)N[C@H]1CCN(C(=O)COc2cccc3c2C(=O)N(C2CCC(=O)NC2=O)C3=O)C1. The van der Waals surface area contributed by atoms with Crippen molar-refractivity contribution in [1.82, 2.24) is 20.4 Å². The summed E-state index contributed by atoms with van der Waals surface area (Å²) >= 11 is 0. The van der Waals surface area contributed by atoms with Crippen molar-refractivity contribution in [1.29, 1.82) is 0 Å². The van der Waals surface area contributed by atoms with Gasteiger partial charge in [-0.1, -0.05) is 6.07 Å². The molecular formula is C24H28N4O8. The molecule has 6 amide bonds. The molecule has 192 valence electrons. The number of amides is 6. The first-order chi connectivity index (χ1) is 16.9. The van der Waals surface area contributed by atoms with Gasteiger partial charge in [0.2, 0.25) is 11.8 Å². The van der Waals surface area contributed by atoms with Gasteiger partial charge in [0.05, 0.1) is 17.2 Å². The second-order valence-electron chi connectivity index (χ2n) is 9.89. The summed E-state index contributed by atoms with van der Waals surface area (Å²) in [5.41, 5.74) is -0.586. The van der Waals surface area contributed by atoms with E-state index in [-0.39, 0.29) is 54.8 Å². The predicted molar refractivity (Wildman–Crippen MR) is 123 cm³/mol. The Kier molecular flexibility index (Phi) is 6.70. The van der Waals surface area contributed by atoms with Crippen molar-refractivity contribution in [3.8, 4) is 5.75 Å². The van der Waals surface area contributed by atoms with Gasteiger partial charge in [0.25, 0.3) is 17.7 Å². The fourth-order valence-electron chi connectivity index (χ4n) is 4.41. The minimum atomic E-state index is -1.09. The number of imide groups is 2. The number of likely N-dealkylation sites (tertiary alicyclic amines) is 1. The standard InChI is InChI=1S/C24H28N4O8/c1-24(2,3)36-23(34)25-13-9-10-27(11-13)18(30)12-35-16-6-4-5-14-19(16)22(33)28(21(14)32)15-7-8-17(29)26-20(15)31/h4-6,13,15H,7-12H2,1-3H3,(H,25,34)(H,26,29,31)/t13-,15?/m0/s1. The molecule has 12 heteroatoms. The van der Waals surface area contributed by atoms with Crippen molar-refractivity contribution >= 4 is 35.6 Å². The molecule has 0 saturated carbocycles. The van der Waals surface area contributed by atoms with Crippen LogP contribution >= 0.6 is 0 Å². The van der Waals surface area contributed by atoms with Crippen LogP contribution in [0.25, 0.3) is 0 Å². The third-order valence-electron chi connectivity index (χ3n) is 6.04. The van der Waals surface area contributed by atoms with Gasteiger partial charge in [-0.25, -0.2) is 4.79 Å². The number of alkyl carbamates (subject to hydrolysis) is 1. The number of rotatable bonds is 5. The predicted octanol–water partition coefficient (Wildman–Crippen LogP) is 0.592. The van der Waals surface area contributed by atoms with Crippen LogP contribution in [0, 0.1) is 0 Å². The van der Waals surface area contributed by atoms with E-state index in [1.54, 1.807) is 20.8 Å². The number of carbonyl (C=O) groups excluding carboxylic acids is 6. The zero-order chi connectivity index (χ0) is 26.2. The molecule has 1 unspecified atom stereocenters. The summed E-state index contributed by atoms with van der Waals surface area (Å²) in [6.45, 7) is 5.60. The number of hydrogen-bond acceptors (Lipinski definition) is 8. The number of ether oxygens (including phenoxy) is 2. The fourth-order valence-corrected chi connectivity index (χ4v) is 4.41. The Labute approximate surface area is 207 Å². The summed E-state index contributed by atoms with van der Waals surface area (Å²) < 4.78 is 10.9. The largest absolute Gasteiger partial charge is 0.483 e. The Bertz CT molecular complexity index is 1140. The lowest BCUT2D eigenvalue weighted by molar-refractivity contribution is -0.136. The van der Waals surface area contributed by atoms with Gasteiger partial charge in [-0.05, 0) is 45.7 Å². The van der Waals surface area contributed by atoms with Crippen LogP contribution in [0.5, 0.6) is 5.75 Å². The molecular weight excluding hydrogens is 472 g/mol. The maximum absolute atomic E-state index is 13.1. The van der Waals surface area contributed by atoms with Crippen molar-refractivity contribution in [3.05, 3.63) is 29.3 Å². The molecule has 0 radical (unpaired) electrons. The summed E-state index contributed by atoms with van der Waals surface area (Å²) in [5, 5.41) is 4.89. The first-order valence-corrected chi connectivity index (χ1v) is 11.7. The molecule has 1 aromatic rings. The molecule has 0 bridgehead atoms. The lowest BCUT2D eigenvalue weighted by atomic mass is 10.0. The van der Waals surface area contributed by atoms with Crippen LogP contribution in [-0.4, -0.2) is 82.8 Å². The second kappa shape index (κ2) is 9.59. The molecule has 3 heterocycles. The maximum atomic E-state index is 13.1.